The Morgan fingerprint density at radius 2 is 1.95 bits per heavy atom. The van der Waals surface area contributed by atoms with Gasteiger partial charge in [0, 0.05) is 17.2 Å². The first-order valence-electron chi connectivity index (χ1n) is 7.51. The number of carbonyl (C=O) groups is 1. The lowest BCUT2D eigenvalue weighted by Gasteiger charge is -2.37. The van der Waals surface area contributed by atoms with Crippen LogP contribution in [0.25, 0.3) is 10.8 Å². The summed E-state index contributed by atoms with van der Waals surface area (Å²) in [5.41, 5.74) is 2.11. The number of ketones is 1. The van der Waals surface area contributed by atoms with Crippen molar-refractivity contribution in [2.24, 2.45) is 5.41 Å². The van der Waals surface area contributed by atoms with Gasteiger partial charge < -0.3 is 10.2 Å². The Bertz CT molecular complexity index is 778. The van der Waals surface area contributed by atoms with E-state index in [0.29, 0.717) is 17.6 Å². The number of carbonyl (C=O) groups excluding carboxylic acids is 1. The van der Waals surface area contributed by atoms with Gasteiger partial charge in [-0.1, -0.05) is 13.0 Å². The zero-order chi connectivity index (χ0) is 14.8. The summed E-state index contributed by atoms with van der Waals surface area (Å²) < 4.78 is 0. The van der Waals surface area contributed by atoms with E-state index in [1.807, 2.05) is 12.1 Å². The topological polar surface area (TPSA) is 57.5 Å². The summed E-state index contributed by atoms with van der Waals surface area (Å²) in [4.78, 5) is 12.2. The van der Waals surface area contributed by atoms with E-state index in [1.54, 1.807) is 12.1 Å². The van der Waals surface area contributed by atoms with E-state index >= 15 is 0 Å². The maximum Gasteiger partial charge on any atom is 0.139 e. The van der Waals surface area contributed by atoms with Crippen LogP contribution in [0.15, 0.2) is 24.3 Å². The number of hydrogen-bond donors (Lipinski definition) is 2. The molecule has 108 valence electrons. The number of benzene rings is 2. The number of phenolic OH excluding ortho intramolecular Hbond substituents is 2. The van der Waals surface area contributed by atoms with Crippen LogP contribution >= 0.6 is 0 Å². The summed E-state index contributed by atoms with van der Waals surface area (Å²) in [6.45, 7) is 2.08. The molecule has 0 unspecified atom stereocenters. The van der Waals surface area contributed by atoms with Crippen molar-refractivity contribution < 1.29 is 15.0 Å². The molecule has 4 rings (SSSR count). The van der Waals surface area contributed by atoms with Gasteiger partial charge in [0.15, 0.2) is 0 Å². The van der Waals surface area contributed by atoms with Crippen LogP contribution < -0.4 is 0 Å². The van der Waals surface area contributed by atoms with Crippen molar-refractivity contribution in [3.63, 3.8) is 0 Å². The van der Waals surface area contributed by atoms with Gasteiger partial charge in [-0.05, 0) is 59.9 Å². The van der Waals surface area contributed by atoms with Gasteiger partial charge in [-0.25, -0.2) is 0 Å². The van der Waals surface area contributed by atoms with Gasteiger partial charge in [0.05, 0.1) is 0 Å². The molecule has 3 nitrogen and oxygen atoms in total. The molecule has 1 fully saturated rings. The Morgan fingerprint density at radius 1 is 1.14 bits per heavy atom. The molecule has 0 amide bonds. The van der Waals surface area contributed by atoms with Crippen LogP contribution in [0.4, 0.5) is 0 Å². The minimum atomic E-state index is -0.260. The fourth-order valence-electron chi connectivity index (χ4n) is 4.34. The third-order valence-corrected chi connectivity index (χ3v) is 5.58. The smallest absolute Gasteiger partial charge is 0.139 e. The van der Waals surface area contributed by atoms with Crippen molar-refractivity contribution in [2.75, 3.05) is 0 Å². The predicted molar refractivity (Wildman–Crippen MR) is 80.7 cm³/mol. The molecule has 0 radical (unpaired) electrons. The van der Waals surface area contributed by atoms with Gasteiger partial charge in [-0.3, -0.25) is 4.79 Å². The summed E-state index contributed by atoms with van der Waals surface area (Å²) in [7, 11) is 0. The molecule has 2 N–H and O–H groups in total. The van der Waals surface area contributed by atoms with Crippen molar-refractivity contribution in [1.29, 1.82) is 0 Å². The van der Waals surface area contributed by atoms with E-state index in [9.17, 15) is 15.0 Å². The monoisotopic (exact) mass is 282 g/mol. The molecule has 0 saturated heterocycles. The lowest BCUT2D eigenvalue weighted by molar-refractivity contribution is -0.126. The molecular formula is C18H18O3. The highest BCUT2D eigenvalue weighted by Gasteiger charge is 2.49. The average molecular weight is 282 g/mol. The van der Waals surface area contributed by atoms with Crippen molar-refractivity contribution in [3.8, 4) is 11.5 Å². The Morgan fingerprint density at radius 3 is 2.76 bits per heavy atom. The highest BCUT2D eigenvalue weighted by Crippen LogP contribution is 2.55. The highest BCUT2D eigenvalue weighted by molar-refractivity contribution is 5.95. The number of Topliss-reactive ketones (excluding diaryl/α,β-unsaturated/α-hetero) is 1. The molecule has 0 spiro atoms. The second-order valence-corrected chi connectivity index (χ2v) is 6.63. The van der Waals surface area contributed by atoms with Gasteiger partial charge in [0.2, 0.25) is 0 Å². The summed E-state index contributed by atoms with van der Waals surface area (Å²) in [6.07, 6.45) is 3.26. The fraction of sp³-hybridized carbons (Fsp3) is 0.389. The average Bonchev–Trinajstić information content (AvgIpc) is 2.76. The van der Waals surface area contributed by atoms with E-state index < -0.39 is 0 Å². The molecule has 2 aliphatic carbocycles. The number of phenols is 2. The fourth-order valence-corrected chi connectivity index (χ4v) is 4.34. The maximum absolute atomic E-state index is 12.2. The molecule has 0 aliphatic heterocycles. The molecular weight excluding hydrogens is 264 g/mol. The Labute approximate surface area is 123 Å². The number of aromatic hydroxyl groups is 2. The van der Waals surface area contributed by atoms with Crippen LogP contribution in [0.2, 0.25) is 0 Å². The molecule has 21 heavy (non-hydrogen) atoms. The third-order valence-electron chi connectivity index (χ3n) is 5.58. The first kappa shape index (κ1) is 12.7. The lowest BCUT2D eigenvalue weighted by atomic mass is 9.66. The standard InChI is InChI=1S/C18H18O3/c1-18-7-6-12-11-3-2-10(19)8-14(11)16(20)9-13(12)15(18)4-5-17(18)21/h2-3,8-9,15,19-20H,4-7H2,1H3/t15-,18-/m0/s1. The third kappa shape index (κ3) is 1.57. The van der Waals surface area contributed by atoms with Crippen molar-refractivity contribution in [1.82, 2.24) is 0 Å². The first-order chi connectivity index (χ1) is 10.0. The Hall–Kier alpha value is -2.03. The van der Waals surface area contributed by atoms with Gasteiger partial charge in [0.1, 0.15) is 17.3 Å². The predicted octanol–water partition coefficient (Wildman–Crippen LogP) is 3.65. The van der Waals surface area contributed by atoms with Crippen LogP contribution in [0.5, 0.6) is 11.5 Å². The quantitative estimate of drug-likeness (QED) is 0.775. The minimum Gasteiger partial charge on any atom is -0.508 e. The molecule has 2 aromatic rings. The molecule has 0 heterocycles. The first-order valence-corrected chi connectivity index (χ1v) is 7.51. The zero-order valence-corrected chi connectivity index (χ0v) is 12.0. The summed E-state index contributed by atoms with van der Waals surface area (Å²) in [5.74, 6) is 0.944. The normalized spacial score (nSPS) is 27.7. The zero-order valence-electron chi connectivity index (χ0n) is 12.0. The largest absolute Gasteiger partial charge is 0.508 e. The molecule has 0 aromatic heterocycles. The van der Waals surface area contributed by atoms with Crippen molar-refractivity contribution >= 4 is 16.6 Å². The van der Waals surface area contributed by atoms with Gasteiger partial charge in [-0.15, -0.1) is 0 Å². The van der Waals surface area contributed by atoms with Crippen molar-refractivity contribution in [2.45, 2.75) is 38.5 Å². The van der Waals surface area contributed by atoms with Crippen LogP contribution in [-0.4, -0.2) is 16.0 Å². The van der Waals surface area contributed by atoms with E-state index in [2.05, 4.69) is 6.92 Å². The number of fused-ring (bicyclic) bond motifs is 5. The van der Waals surface area contributed by atoms with E-state index in [-0.39, 0.29) is 22.8 Å². The molecule has 1 saturated carbocycles. The number of hydrogen-bond acceptors (Lipinski definition) is 3. The Balaban J connectivity index is 2.00. The van der Waals surface area contributed by atoms with E-state index in [1.165, 1.54) is 5.56 Å². The molecule has 3 heteroatoms. The second kappa shape index (κ2) is 4.00. The highest BCUT2D eigenvalue weighted by atomic mass is 16.3. The lowest BCUT2D eigenvalue weighted by Crippen LogP contribution is -2.32. The van der Waals surface area contributed by atoms with Crippen LogP contribution in [0, 0.1) is 5.41 Å². The minimum absolute atomic E-state index is 0.162. The number of rotatable bonds is 0. The SMILES string of the molecule is C[C@]12CCc3c(cc(O)c4cc(O)ccc34)[C@@H]1CCC2=O. The van der Waals surface area contributed by atoms with Gasteiger partial charge >= 0.3 is 0 Å². The van der Waals surface area contributed by atoms with E-state index in [0.717, 1.165) is 30.2 Å². The number of aryl methyl sites for hydroxylation is 1. The Kier molecular flexibility index (Phi) is 2.42. The van der Waals surface area contributed by atoms with Gasteiger partial charge in [0.25, 0.3) is 0 Å². The summed E-state index contributed by atoms with van der Waals surface area (Å²) >= 11 is 0. The van der Waals surface area contributed by atoms with Crippen LogP contribution in [0.3, 0.4) is 0 Å². The summed E-state index contributed by atoms with van der Waals surface area (Å²) in [5, 5.41) is 21.7. The van der Waals surface area contributed by atoms with Crippen molar-refractivity contribution in [3.05, 3.63) is 35.4 Å². The van der Waals surface area contributed by atoms with Gasteiger partial charge in [-0.2, -0.15) is 0 Å². The second-order valence-electron chi connectivity index (χ2n) is 6.63. The molecule has 2 aliphatic rings. The molecule has 2 aromatic carbocycles. The summed E-state index contributed by atoms with van der Waals surface area (Å²) in [6, 6.07) is 6.97. The molecule has 2 atom stereocenters. The van der Waals surface area contributed by atoms with Crippen LogP contribution in [-0.2, 0) is 11.2 Å². The maximum atomic E-state index is 12.2. The molecule has 0 bridgehead atoms. The van der Waals surface area contributed by atoms with E-state index in [4.69, 9.17) is 0 Å². The van der Waals surface area contributed by atoms with Crippen LogP contribution in [0.1, 0.15) is 43.2 Å².